The summed E-state index contributed by atoms with van der Waals surface area (Å²) in [6.45, 7) is 7.92. The standard InChI is InChI=1S/C33H60NO2.C7H8O3S/c1-2-3-4-5-6-7-8-9-10-11-12-13-15-19-24-32-29-33(36-30-32)31-35-28-23-17-14-16-20-25-34-26-21-18-22-27-34;1-6-2-4-7(5-3-6)11(8,9)10/h18,21-22,26-27,32-33H,2-17,19-20,23-25,28-31H2,1H3;2-5H,1H3,(H,8,9,10)/q+1;/p-1/t32-,33+;/m1./s1. The summed E-state index contributed by atoms with van der Waals surface area (Å²) in [5.41, 5.74) is 0.928. The van der Waals surface area contributed by atoms with Gasteiger partial charge in [-0.25, -0.2) is 13.0 Å². The number of aromatic nitrogens is 1. The second-order valence-electron chi connectivity index (χ2n) is 13.7. The summed E-state index contributed by atoms with van der Waals surface area (Å²) in [4.78, 5) is -0.178. The first-order valence-electron chi connectivity index (χ1n) is 19.0. The highest BCUT2D eigenvalue weighted by Crippen LogP contribution is 2.25. The van der Waals surface area contributed by atoms with Gasteiger partial charge < -0.3 is 14.0 Å². The Kier molecular flexibility index (Phi) is 23.8. The molecule has 0 aliphatic carbocycles. The minimum absolute atomic E-state index is 0.178. The number of rotatable bonds is 26. The molecule has 0 amide bonds. The summed E-state index contributed by atoms with van der Waals surface area (Å²) in [5.74, 6) is 0.776. The van der Waals surface area contributed by atoms with Gasteiger partial charge in [-0.3, -0.25) is 0 Å². The van der Waals surface area contributed by atoms with E-state index < -0.39 is 10.1 Å². The largest absolute Gasteiger partial charge is 0.744 e. The van der Waals surface area contributed by atoms with Gasteiger partial charge in [0.05, 0.1) is 17.6 Å². The van der Waals surface area contributed by atoms with Crippen molar-refractivity contribution in [2.75, 3.05) is 19.8 Å². The van der Waals surface area contributed by atoms with Crippen molar-refractivity contribution in [2.45, 2.75) is 166 Å². The highest BCUT2D eigenvalue weighted by atomic mass is 32.2. The van der Waals surface area contributed by atoms with E-state index in [4.69, 9.17) is 9.47 Å². The summed E-state index contributed by atoms with van der Waals surface area (Å²) in [6, 6.07) is 12.1. The molecule has 1 fully saturated rings. The highest BCUT2D eigenvalue weighted by molar-refractivity contribution is 7.85. The molecule has 0 spiro atoms. The first-order valence-corrected chi connectivity index (χ1v) is 20.4. The van der Waals surface area contributed by atoms with Crippen molar-refractivity contribution in [3.8, 4) is 0 Å². The first-order chi connectivity index (χ1) is 22.9. The maximum atomic E-state index is 10.4. The summed E-state index contributed by atoms with van der Waals surface area (Å²) >= 11 is 0. The molecule has 268 valence electrons. The molecule has 1 saturated heterocycles. The molecular formula is C40H67NO5S. The van der Waals surface area contributed by atoms with E-state index in [9.17, 15) is 13.0 Å². The van der Waals surface area contributed by atoms with Gasteiger partial charge in [-0.1, -0.05) is 133 Å². The minimum atomic E-state index is -4.27. The molecule has 6 nitrogen and oxygen atoms in total. The van der Waals surface area contributed by atoms with Crippen LogP contribution in [0.2, 0.25) is 0 Å². The lowest BCUT2D eigenvalue weighted by Crippen LogP contribution is -2.32. The molecule has 1 aromatic heterocycles. The number of benzene rings is 1. The van der Waals surface area contributed by atoms with Crippen LogP contribution in [0.25, 0.3) is 0 Å². The van der Waals surface area contributed by atoms with Crippen LogP contribution in [0, 0.1) is 12.8 Å². The minimum Gasteiger partial charge on any atom is -0.744 e. The molecule has 2 heterocycles. The number of hydrogen-bond acceptors (Lipinski definition) is 5. The zero-order valence-corrected chi connectivity index (χ0v) is 30.7. The zero-order chi connectivity index (χ0) is 33.8. The van der Waals surface area contributed by atoms with Crippen molar-refractivity contribution >= 4 is 10.1 Å². The van der Waals surface area contributed by atoms with E-state index in [-0.39, 0.29) is 4.90 Å². The summed E-state index contributed by atoms with van der Waals surface area (Å²) in [5, 5.41) is 0. The van der Waals surface area contributed by atoms with Gasteiger partial charge in [0.25, 0.3) is 0 Å². The van der Waals surface area contributed by atoms with Crippen molar-refractivity contribution in [1.29, 1.82) is 0 Å². The van der Waals surface area contributed by atoms with E-state index in [0.29, 0.717) is 6.10 Å². The molecule has 0 N–H and O–H groups in total. The van der Waals surface area contributed by atoms with Gasteiger partial charge in [0.15, 0.2) is 12.4 Å². The van der Waals surface area contributed by atoms with Crippen LogP contribution in [0.4, 0.5) is 0 Å². The van der Waals surface area contributed by atoms with Crippen LogP contribution in [0.1, 0.15) is 147 Å². The van der Waals surface area contributed by atoms with E-state index in [2.05, 4.69) is 42.1 Å². The third-order valence-electron chi connectivity index (χ3n) is 9.23. The third kappa shape index (κ3) is 22.5. The normalized spacial score (nSPS) is 16.2. The monoisotopic (exact) mass is 673 g/mol. The van der Waals surface area contributed by atoms with Crippen LogP contribution < -0.4 is 4.57 Å². The number of hydrogen-bond donors (Lipinski definition) is 0. The van der Waals surface area contributed by atoms with Gasteiger partial charge in [-0.05, 0) is 50.7 Å². The Bertz CT molecular complexity index is 1090. The molecule has 1 aliphatic rings. The van der Waals surface area contributed by atoms with Gasteiger partial charge in [0.2, 0.25) is 0 Å². The van der Waals surface area contributed by atoms with Crippen LogP contribution in [-0.2, 0) is 26.1 Å². The van der Waals surface area contributed by atoms with Gasteiger partial charge in [0.1, 0.15) is 16.7 Å². The van der Waals surface area contributed by atoms with Gasteiger partial charge in [-0.15, -0.1) is 0 Å². The Balaban J connectivity index is 0.000000587. The van der Waals surface area contributed by atoms with Crippen molar-refractivity contribution in [3.63, 3.8) is 0 Å². The fourth-order valence-corrected chi connectivity index (χ4v) is 6.73. The maximum Gasteiger partial charge on any atom is 0.168 e. The van der Waals surface area contributed by atoms with E-state index in [0.717, 1.165) is 37.8 Å². The third-order valence-corrected chi connectivity index (χ3v) is 10.1. The fourth-order valence-electron chi connectivity index (χ4n) is 6.26. The number of nitrogens with zero attached hydrogens (tertiary/aromatic N) is 1. The average molecular weight is 674 g/mol. The smallest absolute Gasteiger partial charge is 0.168 e. The van der Waals surface area contributed by atoms with E-state index in [1.54, 1.807) is 12.1 Å². The molecule has 3 rings (SSSR count). The second kappa shape index (κ2) is 27.1. The van der Waals surface area contributed by atoms with Crippen LogP contribution >= 0.6 is 0 Å². The lowest BCUT2D eigenvalue weighted by Gasteiger charge is -2.10. The SMILES string of the molecule is CCCCCCCCCCCCCCCC[C@H]1CO[C@H](COCCCCCCC[n+]2ccccc2)C1.Cc1ccc(S(=O)(=O)[O-])cc1. The van der Waals surface area contributed by atoms with Crippen molar-refractivity contribution < 1.29 is 27.0 Å². The second-order valence-corrected chi connectivity index (χ2v) is 15.0. The molecule has 2 aromatic rings. The van der Waals surface area contributed by atoms with Gasteiger partial charge in [-0.2, -0.15) is 0 Å². The van der Waals surface area contributed by atoms with E-state index >= 15 is 0 Å². The van der Waals surface area contributed by atoms with Crippen molar-refractivity contribution in [3.05, 3.63) is 60.4 Å². The van der Waals surface area contributed by atoms with Crippen LogP contribution in [0.15, 0.2) is 59.8 Å². The Hall–Kier alpha value is -1.80. The predicted molar refractivity (Wildman–Crippen MR) is 192 cm³/mol. The molecule has 1 aromatic carbocycles. The zero-order valence-electron chi connectivity index (χ0n) is 29.9. The molecule has 0 radical (unpaired) electrons. The number of pyridine rings is 1. The van der Waals surface area contributed by atoms with Crippen LogP contribution in [0.3, 0.4) is 0 Å². The molecule has 7 heteroatoms. The van der Waals surface area contributed by atoms with Crippen molar-refractivity contribution in [1.82, 2.24) is 0 Å². The lowest BCUT2D eigenvalue weighted by atomic mass is 9.97. The Morgan fingerprint density at radius 1 is 0.745 bits per heavy atom. The van der Waals surface area contributed by atoms with E-state index in [1.165, 1.54) is 147 Å². The molecule has 2 atom stereocenters. The fraction of sp³-hybridized carbons (Fsp3) is 0.725. The average Bonchev–Trinajstić information content (AvgIpc) is 3.52. The number of unbranched alkanes of at least 4 members (excludes halogenated alkanes) is 17. The maximum absolute atomic E-state index is 10.4. The Labute approximate surface area is 288 Å². The lowest BCUT2D eigenvalue weighted by molar-refractivity contribution is -0.697. The van der Waals surface area contributed by atoms with Crippen LogP contribution in [-0.4, -0.2) is 38.9 Å². The predicted octanol–water partition coefficient (Wildman–Crippen LogP) is 10.1. The van der Waals surface area contributed by atoms with E-state index in [1.807, 2.05) is 6.92 Å². The first kappa shape index (κ1) is 41.4. The number of ether oxygens (including phenoxy) is 2. The summed E-state index contributed by atoms with van der Waals surface area (Å²) in [6.07, 6.45) is 33.8. The summed E-state index contributed by atoms with van der Waals surface area (Å²) in [7, 11) is -4.27. The Morgan fingerprint density at radius 3 is 1.85 bits per heavy atom. The molecule has 0 saturated carbocycles. The summed E-state index contributed by atoms with van der Waals surface area (Å²) < 4.78 is 45.4. The van der Waals surface area contributed by atoms with Crippen molar-refractivity contribution in [2.24, 2.45) is 5.92 Å². The molecule has 0 unspecified atom stereocenters. The van der Waals surface area contributed by atoms with Crippen LogP contribution in [0.5, 0.6) is 0 Å². The molecule has 1 aliphatic heterocycles. The van der Waals surface area contributed by atoms with Gasteiger partial charge >= 0.3 is 0 Å². The molecule has 47 heavy (non-hydrogen) atoms. The Morgan fingerprint density at radius 2 is 1.28 bits per heavy atom. The molecular weight excluding hydrogens is 607 g/mol. The quantitative estimate of drug-likeness (QED) is 0.0564. The topological polar surface area (TPSA) is 79.5 Å². The van der Waals surface area contributed by atoms with Gasteiger partial charge in [0, 0.05) is 31.8 Å². The molecule has 0 bridgehead atoms. The highest BCUT2D eigenvalue weighted by Gasteiger charge is 2.25. The number of aryl methyl sites for hydroxylation is 2.